The van der Waals surface area contributed by atoms with Crippen LogP contribution in [0.25, 0.3) is 0 Å². The van der Waals surface area contributed by atoms with Crippen LogP contribution in [-0.2, 0) is 9.53 Å². The highest BCUT2D eigenvalue weighted by Crippen LogP contribution is 2.27. The lowest BCUT2D eigenvalue weighted by Gasteiger charge is -2.10. The maximum Gasteiger partial charge on any atom is 0.305 e. The maximum absolute atomic E-state index is 11.3. The Kier molecular flexibility index (Phi) is 8.72. The lowest BCUT2D eigenvalue weighted by molar-refractivity contribution is -0.143. The Morgan fingerprint density at radius 2 is 1.95 bits per heavy atom. The minimum atomic E-state index is -0.131. The Bertz CT molecular complexity index is 470. The van der Waals surface area contributed by atoms with Crippen LogP contribution in [-0.4, -0.2) is 32.6 Å². The highest BCUT2D eigenvalue weighted by molar-refractivity contribution is 5.76. The molecule has 1 aromatic rings. The van der Waals surface area contributed by atoms with Crippen LogP contribution < -0.4 is 9.47 Å². The molecule has 0 N–H and O–H groups in total. The molecule has 0 aromatic heterocycles. The second-order valence-electron chi connectivity index (χ2n) is 4.91. The predicted molar refractivity (Wildman–Crippen MR) is 83.6 cm³/mol. The van der Waals surface area contributed by atoms with E-state index >= 15 is 0 Å². The zero-order valence-electron chi connectivity index (χ0n) is 13.3. The van der Waals surface area contributed by atoms with Crippen LogP contribution in [0.1, 0.15) is 49.4 Å². The first-order valence-electron chi connectivity index (χ1n) is 7.63. The summed E-state index contributed by atoms with van der Waals surface area (Å²) in [6.07, 6.45) is 4.62. The van der Waals surface area contributed by atoms with E-state index in [4.69, 9.17) is 14.2 Å². The van der Waals surface area contributed by atoms with Gasteiger partial charge in [-0.05, 0) is 43.9 Å². The SMILES string of the molecule is CCCOC(=O)CCCCCOc1ccc(C=O)cc1OC. The number of hydrogen-bond donors (Lipinski definition) is 0. The fraction of sp³-hybridized carbons (Fsp3) is 0.529. The molecule has 0 radical (unpaired) electrons. The van der Waals surface area contributed by atoms with Gasteiger partial charge < -0.3 is 14.2 Å². The third-order valence-corrected chi connectivity index (χ3v) is 3.07. The van der Waals surface area contributed by atoms with Gasteiger partial charge in [-0.15, -0.1) is 0 Å². The van der Waals surface area contributed by atoms with Gasteiger partial charge in [-0.2, -0.15) is 0 Å². The van der Waals surface area contributed by atoms with Crippen molar-refractivity contribution in [3.8, 4) is 11.5 Å². The normalized spacial score (nSPS) is 10.1. The van der Waals surface area contributed by atoms with Crippen LogP contribution in [0.4, 0.5) is 0 Å². The van der Waals surface area contributed by atoms with E-state index in [0.717, 1.165) is 32.0 Å². The molecule has 0 unspecified atom stereocenters. The molecular weight excluding hydrogens is 284 g/mol. The van der Waals surface area contributed by atoms with Gasteiger partial charge >= 0.3 is 5.97 Å². The fourth-order valence-corrected chi connectivity index (χ4v) is 1.90. The summed E-state index contributed by atoms with van der Waals surface area (Å²) in [5, 5.41) is 0. The molecule has 0 saturated heterocycles. The molecule has 1 aromatic carbocycles. The molecule has 5 heteroatoms. The first-order chi connectivity index (χ1) is 10.7. The van der Waals surface area contributed by atoms with Gasteiger partial charge in [-0.1, -0.05) is 6.92 Å². The molecular formula is C17H24O5. The molecule has 0 saturated carbocycles. The van der Waals surface area contributed by atoms with Gasteiger partial charge in [0.25, 0.3) is 0 Å². The zero-order chi connectivity index (χ0) is 16.2. The molecule has 0 amide bonds. The zero-order valence-corrected chi connectivity index (χ0v) is 13.3. The molecule has 22 heavy (non-hydrogen) atoms. The molecule has 0 fully saturated rings. The summed E-state index contributed by atoms with van der Waals surface area (Å²) in [6, 6.07) is 5.06. The number of carbonyl (C=O) groups excluding carboxylic acids is 2. The summed E-state index contributed by atoms with van der Waals surface area (Å²) < 4.78 is 15.8. The van der Waals surface area contributed by atoms with Crippen molar-refractivity contribution in [3.63, 3.8) is 0 Å². The van der Waals surface area contributed by atoms with E-state index in [0.29, 0.717) is 36.7 Å². The van der Waals surface area contributed by atoms with E-state index in [2.05, 4.69) is 0 Å². The molecule has 1 rings (SSSR count). The highest BCUT2D eigenvalue weighted by Gasteiger charge is 2.06. The van der Waals surface area contributed by atoms with E-state index in [1.165, 1.54) is 0 Å². The quantitative estimate of drug-likeness (QED) is 0.356. The number of aldehydes is 1. The Morgan fingerprint density at radius 1 is 1.14 bits per heavy atom. The maximum atomic E-state index is 11.3. The van der Waals surface area contributed by atoms with Gasteiger partial charge in [-0.3, -0.25) is 9.59 Å². The van der Waals surface area contributed by atoms with Crippen LogP contribution in [0.5, 0.6) is 11.5 Å². The molecule has 5 nitrogen and oxygen atoms in total. The number of unbranched alkanes of at least 4 members (excludes halogenated alkanes) is 2. The standard InChI is InChI=1S/C17H24O5/c1-3-10-22-17(19)7-5-4-6-11-21-15-9-8-14(13-18)12-16(15)20-2/h8-9,12-13H,3-7,10-11H2,1-2H3. The highest BCUT2D eigenvalue weighted by atomic mass is 16.5. The third kappa shape index (κ3) is 6.61. The van der Waals surface area contributed by atoms with Gasteiger partial charge in [-0.25, -0.2) is 0 Å². The van der Waals surface area contributed by atoms with E-state index in [1.54, 1.807) is 25.3 Å². The summed E-state index contributed by atoms with van der Waals surface area (Å²) in [6.45, 7) is 3.01. The Morgan fingerprint density at radius 3 is 2.64 bits per heavy atom. The van der Waals surface area contributed by atoms with Crippen molar-refractivity contribution in [2.45, 2.75) is 39.0 Å². The van der Waals surface area contributed by atoms with Crippen LogP contribution in [0.2, 0.25) is 0 Å². The minimum Gasteiger partial charge on any atom is -0.493 e. The van der Waals surface area contributed by atoms with Crippen LogP contribution in [0.15, 0.2) is 18.2 Å². The number of ether oxygens (including phenoxy) is 3. The van der Waals surface area contributed by atoms with Gasteiger partial charge in [0.05, 0.1) is 20.3 Å². The number of esters is 1. The van der Waals surface area contributed by atoms with Gasteiger partial charge in [0.1, 0.15) is 6.29 Å². The van der Waals surface area contributed by atoms with Crippen molar-refractivity contribution < 1.29 is 23.8 Å². The van der Waals surface area contributed by atoms with E-state index < -0.39 is 0 Å². The van der Waals surface area contributed by atoms with E-state index in [-0.39, 0.29) is 5.97 Å². The minimum absolute atomic E-state index is 0.131. The summed E-state index contributed by atoms with van der Waals surface area (Å²) in [5.74, 6) is 1.04. The Hall–Kier alpha value is -2.04. The summed E-state index contributed by atoms with van der Waals surface area (Å²) in [4.78, 5) is 22.0. The van der Waals surface area contributed by atoms with Gasteiger partial charge in [0.15, 0.2) is 11.5 Å². The fourth-order valence-electron chi connectivity index (χ4n) is 1.90. The van der Waals surface area contributed by atoms with Crippen molar-refractivity contribution in [1.29, 1.82) is 0 Å². The largest absolute Gasteiger partial charge is 0.493 e. The smallest absolute Gasteiger partial charge is 0.305 e. The Labute approximate surface area is 131 Å². The molecule has 0 atom stereocenters. The van der Waals surface area contributed by atoms with Crippen molar-refractivity contribution in [2.75, 3.05) is 20.3 Å². The number of methoxy groups -OCH3 is 1. The second-order valence-corrected chi connectivity index (χ2v) is 4.91. The predicted octanol–water partition coefficient (Wildman–Crippen LogP) is 3.40. The van der Waals surface area contributed by atoms with Crippen LogP contribution >= 0.6 is 0 Å². The number of hydrogen-bond acceptors (Lipinski definition) is 5. The van der Waals surface area contributed by atoms with Crippen LogP contribution in [0.3, 0.4) is 0 Å². The van der Waals surface area contributed by atoms with Crippen LogP contribution in [0, 0.1) is 0 Å². The summed E-state index contributed by atoms with van der Waals surface area (Å²) >= 11 is 0. The van der Waals surface area contributed by atoms with Crippen molar-refractivity contribution in [3.05, 3.63) is 23.8 Å². The topological polar surface area (TPSA) is 61.8 Å². The molecule has 0 aliphatic heterocycles. The molecule has 0 bridgehead atoms. The third-order valence-electron chi connectivity index (χ3n) is 3.07. The molecule has 0 spiro atoms. The average Bonchev–Trinajstić information content (AvgIpc) is 2.55. The first-order valence-corrected chi connectivity index (χ1v) is 7.63. The lowest BCUT2D eigenvalue weighted by atomic mass is 10.2. The van der Waals surface area contributed by atoms with Gasteiger partial charge in [0, 0.05) is 12.0 Å². The lowest BCUT2D eigenvalue weighted by Crippen LogP contribution is -2.05. The van der Waals surface area contributed by atoms with Crippen molar-refractivity contribution in [2.24, 2.45) is 0 Å². The van der Waals surface area contributed by atoms with E-state index in [1.807, 2.05) is 6.92 Å². The number of rotatable bonds is 11. The van der Waals surface area contributed by atoms with Crippen molar-refractivity contribution in [1.82, 2.24) is 0 Å². The molecule has 0 aliphatic rings. The number of benzene rings is 1. The first kappa shape index (κ1) is 18.0. The van der Waals surface area contributed by atoms with Gasteiger partial charge in [0.2, 0.25) is 0 Å². The average molecular weight is 308 g/mol. The van der Waals surface area contributed by atoms with E-state index in [9.17, 15) is 9.59 Å². The molecule has 122 valence electrons. The van der Waals surface area contributed by atoms with Crippen molar-refractivity contribution >= 4 is 12.3 Å². The summed E-state index contributed by atoms with van der Waals surface area (Å²) in [7, 11) is 1.54. The molecule has 0 heterocycles. The monoisotopic (exact) mass is 308 g/mol. The summed E-state index contributed by atoms with van der Waals surface area (Å²) in [5.41, 5.74) is 0.551. The molecule has 0 aliphatic carbocycles. The second kappa shape index (κ2) is 10.7. The Balaban J connectivity index is 2.22. The number of carbonyl (C=O) groups is 2.